The van der Waals surface area contributed by atoms with Crippen molar-refractivity contribution in [2.24, 2.45) is 5.84 Å². The van der Waals surface area contributed by atoms with Crippen molar-refractivity contribution < 1.29 is 4.74 Å². The molecule has 0 aliphatic heterocycles. The minimum absolute atomic E-state index is 0.467. The molecule has 0 fully saturated rings. The van der Waals surface area contributed by atoms with Crippen LogP contribution in [0.25, 0.3) is 0 Å². The first-order valence-corrected chi connectivity index (χ1v) is 5.73. The molecule has 0 unspecified atom stereocenters. The molecule has 0 spiro atoms. The Morgan fingerprint density at radius 2 is 2.28 bits per heavy atom. The number of hydrogen-bond donors (Lipinski definition) is 2. The van der Waals surface area contributed by atoms with Crippen molar-refractivity contribution in [3.05, 3.63) is 24.3 Å². The van der Waals surface area contributed by atoms with Gasteiger partial charge in [-0.1, -0.05) is 6.92 Å². The van der Waals surface area contributed by atoms with Gasteiger partial charge in [0.05, 0.1) is 18.0 Å². The molecule has 7 nitrogen and oxygen atoms in total. The third kappa shape index (κ3) is 2.57. The Balaban J connectivity index is 2.17. The average Bonchev–Trinajstić information content (AvgIpc) is 2.80. The normalized spacial score (nSPS) is 10.4. The van der Waals surface area contributed by atoms with Crippen LogP contribution in [0.4, 0.5) is 5.82 Å². The molecule has 2 heterocycles. The molecular formula is C11H16N6O. The molecule has 0 radical (unpaired) electrons. The summed E-state index contributed by atoms with van der Waals surface area (Å²) in [4.78, 5) is 8.06. The third-order valence-corrected chi connectivity index (χ3v) is 2.45. The fourth-order valence-corrected chi connectivity index (χ4v) is 1.54. The maximum atomic E-state index is 5.65. The highest BCUT2D eigenvalue weighted by Gasteiger charge is 2.09. The van der Waals surface area contributed by atoms with E-state index in [9.17, 15) is 0 Å². The fourth-order valence-electron chi connectivity index (χ4n) is 1.54. The van der Waals surface area contributed by atoms with Crippen LogP contribution in [-0.2, 0) is 6.54 Å². The molecule has 2 aromatic rings. The SMILES string of the molecule is CCCn1cc(Oc2ncnc(NN)c2C)cn1. The molecule has 96 valence electrons. The molecule has 3 N–H and O–H groups in total. The van der Waals surface area contributed by atoms with Gasteiger partial charge in [0.1, 0.15) is 12.1 Å². The Morgan fingerprint density at radius 3 is 3.00 bits per heavy atom. The maximum Gasteiger partial charge on any atom is 0.227 e. The van der Waals surface area contributed by atoms with Crippen LogP contribution in [0.1, 0.15) is 18.9 Å². The van der Waals surface area contributed by atoms with Gasteiger partial charge < -0.3 is 10.2 Å². The van der Waals surface area contributed by atoms with Crippen molar-refractivity contribution in [1.82, 2.24) is 19.7 Å². The van der Waals surface area contributed by atoms with Gasteiger partial charge in [-0.15, -0.1) is 0 Å². The van der Waals surface area contributed by atoms with Gasteiger partial charge in [-0.3, -0.25) is 4.68 Å². The summed E-state index contributed by atoms with van der Waals surface area (Å²) in [6.07, 6.45) is 5.91. The largest absolute Gasteiger partial charge is 0.435 e. The predicted octanol–water partition coefficient (Wildman–Crippen LogP) is 1.47. The lowest BCUT2D eigenvalue weighted by Gasteiger charge is -2.08. The Hall–Kier alpha value is -2.15. The zero-order valence-electron chi connectivity index (χ0n) is 10.4. The monoisotopic (exact) mass is 248 g/mol. The van der Waals surface area contributed by atoms with E-state index in [2.05, 4.69) is 27.4 Å². The summed E-state index contributed by atoms with van der Waals surface area (Å²) in [7, 11) is 0. The number of aromatic nitrogens is 4. The van der Waals surface area contributed by atoms with E-state index in [1.54, 1.807) is 6.20 Å². The van der Waals surface area contributed by atoms with Gasteiger partial charge in [0.2, 0.25) is 5.88 Å². The first-order chi connectivity index (χ1) is 8.74. The minimum Gasteiger partial charge on any atom is -0.435 e. The summed E-state index contributed by atoms with van der Waals surface area (Å²) < 4.78 is 7.48. The molecule has 0 saturated carbocycles. The van der Waals surface area contributed by atoms with E-state index in [4.69, 9.17) is 10.6 Å². The first kappa shape index (κ1) is 12.3. The Bertz CT molecular complexity index is 524. The molecule has 2 rings (SSSR count). The quantitative estimate of drug-likeness (QED) is 0.615. The Labute approximate surface area is 105 Å². The van der Waals surface area contributed by atoms with Crippen molar-refractivity contribution in [3.8, 4) is 11.6 Å². The number of ether oxygens (including phenoxy) is 1. The van der Waals surface area contributed by atoms with Crippen LogP contribution in [0, 0.1) is 6.92 Å². The molecule has 0 saturated heterocycles. The number of anilines is 1. The van der Waals surface area contributed by atoms with E-state index >= 15 is 0 Å². The highest BCUT2D eigenvalue weighted by atomic mass is 16.5. The summed E-state index contributed by atoms with van der Waals surface area (Å²) in [5.74, 6) is 7.00. The van der Waals surface area contributed by atoms with Gasteiger partial charge in [0.15, 0.2) is 5.75 Å². The van der Waals surface area contributed by atoms with Crippen LogP contribution in [0.15, 0.2) is 18.7 Å². The second kappa shape index (κ2) is 5.46. The third-order valence-electron chi connectivity index (χ3n) is 2.45. The van der Waals surface area contributed by atoms with E-state index in [1.807, 2.05) is 17.8 Å². The lowest BCUT2D eigenvalue weighted by molar-refractivity contribution is 0.456. The molecule has 0 aliphatic carbocycles. The van der Waals surface area contributed by atoms with Gasteiger partial charge in [0, 0.05) is 6.54 Å². The maximum absolute atomic E-state index is 5.65. The highest BCUT2D eigenvalue weighted by Crippen LogP contribution is 2.25. The second-order valence-corrected chi connectivity index (χ2v) is 3.84. The van der Waals surface area contributed by atoms with Gasteiger partial charge in [-0.2, -0.15) is 5.10 Å². The molecule has 0 bridgehead atoms. The van der Waals surface area contributed by atoms with Crippen molar-refractivity contribution in [2.45, 2.75) is 26.8 Å². The number of hydrogen-bond acceptors (Lipinski definition) is 6. The topological polar surface area (TPSA) is 90.9 Å². The summed E-state index contributed by atoms with van der Waals surface area (Å²) in [5.41, 5.74) is 3.25. The zero-order chi connectivity index (χ0) is 13.0. The lowest BCUT2D eigenvalue weighted by Crippen LogP contribution is -2.10. The van der Waals surface area contributed by atoms with Gasteiger partial charge >= 0.3 is 0 Å². The number of rotatable bonds is 5. The van der Waals surface area contributed by atoms with Crippen LogP contribution in [0.3, 0.4) is 0 Å². The smallest absolute Gasteiger partial charge is 0.227 e. The number of nitrogen functional groups attached to an aromatic ring is 1. The van der Waals surface area contributed by atoms with E-state index in [0.717, 1.165) is 18.5 Å². The molecule has 0 amide bonds. The molecule has 7 heteroatoms. The number of nitrogens with one attached hydrogen (secondary N) is 1. The summed E-state index contributed by atoms with van der Waals surface area (Å²) in [5, 5.41) is 4.18. The Morgan fingerprint density at radius 1 is 1.44 bits per heavy atom. The van der Waals surface area contributed by atoms with E-state index in [1.165, 1.54) is 6.33 Å². The minimum atomic E-state index is 0.467. The van der Waals surface area contributed by atoms with Crippen LogP contribution >= 0.6 is 0 Å². The molecule has 2 aromatic heterocycles. The van der Waals surface area contributed by atoms with Crippen molar-refractivity contribution in [1.29, 1.82) is 0 Å². The van der Waals surface area contributed by atoms with Gasteiger partial charge in [0.25, 0.3) is 0 Å². The lowest BCUT2D eigenvalue weighted by atomic mass is 10.3. The van der Waals surface area contributed by atoms with Crippen LogP contribution in [0.2, 0.25) is 0 Å². The van der Waals surface area contributed by atoms with Crippen LogP contribution < -0.4 is 16.0 Å². The first-order valence-electron chi connectivity index (χ1n) is 5.73. The van der Waals surface area contributed by atoms with Gasteiger partial charge in [-0.05, 0) is 13.3 Å². The molecular weight excluding hydrogens is 232 g/mol. The number of nitrogens with zero attached hydrogens (tertiary/aromatic N) is 4. The fraction of sp³-hybridized carbons (Fsp3) is 0.364. The predicted molar refractivity (Wildman–Crippen MR) is 67.2 cm³/mol. The molecule has 0 aliphatic rings. The van der Waals surface area contributed by atoms with Crippen molar-refractivity contribution in [3.63, 3.8) is 0 Å². The average molecular weight is 248 g/mol. The van der Waals surface area contributed by atoms with E-state index in [0.29, 0.717) is 17.4 Å². The van der Waals surface area contributed by atoms with Crippen LogP contribution in [-0.4, -0.2) is 19.7 Å². The summed E-state index contributed by atoms with van der Waals surface area (Å²) in [6, 6.07) is 0. The van der Waals surface area contributed by atoms with Gasteiger partial charge in [-0.25, -0.2) is 15.8 Å². The van der Waals surface area contributed by atoms with E-state index < -0.39 is 0 Å². The van der Waals surface area contributed by atoms with Crippen molar-refractivity contribution in [2.75, 3.05) is 5.43 Å². The number of aryl methyl sites for hydroxylation is 1. The van der Waals surface area contributed by atoms with E-state index in [-0.39, 0.29) is 0 Å². The summed E-state index contributed by atoms with van der Waals surface area (Å²) in [6.45, 7) is 4.79. The molecule has 0 aromatic carbocycles. The summed E-state index contributed by atoms with van der Waals surface area (Å²) >= 11 is 0. The second-order valence-electron chi connectivity index (χ2n) is 3.84. The number of hydrazine groups is 1. The molecule has 0 atom stereocenters. The van der Waals surface area contributed by atoms with Crippen LogP contribution in [0.5, 0.6) is 11.6 Å². The highest BCUT2D eigenvalue weighted by molar-refractivity contribution is 5.47. The number of nitrogens with two attached hydrogens (primary N) is 1. The zero-order valence-corrected chi connectivity index (χ0v) is 10.4. The van der Waals surface area contributed by atoms with Crippen molar-refractivity contribution >= 4 is 5.82 Å². The Kier molecular flexibility index (Phi) is 3.73. The molecule has 18 heavy (non-hydrogen) atoms. The standard InChI is InChI=1S/C11H16N6O/c1-3-4-17-6-9(5-15-17)18-11-8(2)10(16-12)13-7-14-11/h5-7H,3-4,12H2,1-2H3,(H,13,14,16).